The monoisotopic (exact) mass is 252 g/mol. The summed E-state index contributed by atoms with van der Waals surface area (Å²) in [6.07, 6.45) is 0.915. The van der Waals surface area contributed by atoms with Crippen molar-refractivity contribution in [3.63, 3.8) is 0 Å². The first kappa shape index (κ1) is 11.8. The van der Waals surface area contributed by atoms with Crippen molar-refractivity contribution in [1.29, 1.82) is 0 Å². The zero-order valence-electron chi connectivity index (χ0n) is 10.8. The summed E-state index contributed by atoms with van der Waals surface area (Å²) < 4.78 is 0. The summed E-state index contributed by atoms with van der Waals surface area (Å²) >= 11 is 0. The van der Waals surface area contributed by atoms with Crippen LogP contribution in [0.3, 0.4) is 0 Å². The number of rotatable bonds is 1. The Kier molecular flexibility index (Phi) is 2.95. The molecule has 1 atom stereocenters. The molecule has 1 N–H and O–H groups in total. The number of carbonyl (C=O) groups is 1. The Labute approximate surface area is 112 Å². The molecule has 0 aliphatic carbocycles. The van der Waals surface area contributed by atoms with Crippen LogP contribution in [0, 0.1) is 0 Å². The lowest BCUT2D eigenvalue weighted by atomic mass is 10.1. The lowest BCUT2D eigenvalue weighted by Crippen LogP contribution is -2.39. The number of para-hydroxylation sites is 2. The van der Waals surface area contributed by atoms with Crippen LogP contribution in [0.25, 0.3) is 0 Å². The van der Waals surface area contributed by atoms with E-state index in [0.717, 1.165) is 17.8 Å². The molecule has 96 valence electrons. The van der Waals surface area contributed by atoms with Gasteiger partial charge < -0.3 is 5.32 Å². The number of fused-ring (bicyclic) bond motifs is 1. The third kappa shape index (κ3) is 2.19. The molecule has 0 saturated heterocycles. The molecule has 3 nitrogen and oxygen atoms in total. The van der Waals surface area contributed by atoms with Crippen molar-refractivity contribution in [2.75, 3.05) is 10.2 Å². The van der Waals surface area contributed by atoms with Crippen LogP contribution < -0.4 is 10.2 Å². The predicted octanol–water partition coefficient (Wildman–Crippen LogP) is 3.67. The minimum atomic E-state index is -0.0661. The van der Waals surface area contributed by atoms with E-state index in [1.54, 1.807) is 0 Å². The topological polar surface area (TPSA) is 32.3 Å². The maximum absolute atomic E-state index is 12.4. The van der Waals surface area contributed by atoms with Gasteiger partial charge in [0.1, 0.15) is 0 Å². The van der Waals surface area contributed by atoms with Crippen LogP contribution >= 0.6 is 0 Å². The van der Waals surface area contributed by atoms with Gasteiger partial charge in [0.05, 0.1) is 0 Å². The van der Waals surface area contributed by atoms with Gasteiger partial charge in [-0.05, 0) is 37.1 Å². The third-order valence-electron chi connectivity index (χ3n) is 3.45. The van der Waals surface area contributed by atoms with Gasteiger partial charge in [0, 0.05) is 17.4 Å². The molecule has 19 heavy (non-hydrogen) atoms. The van der Waals surface area contributed by atoms with Crippen LogP contribution in [0.1, 0.15) is 12.5 Å². The highest BCUT2D eigenvalue weighted by atomic mass is 16.2. The van der Waals surface area contributed by atoms with E-state index >= 15 is 0 Å². The molecule has 0 spiro atoms. The number of hydrogen-bond donors (Lipinski definition) is 1. The smallest absolute Gasteiger partial charge is 0.308 e. The molecule has 2 aromatic carbocycles. The van der Waals surface area contributed by atoms with Gasteiger partial charge in [-0.25, -0.2) is 4.79 Å². The predicted molar refractivity (Wildman–Crippen MR) is 77.5 cm³/mol. The fourth-order valence-electron chi connectivity index (χ4n) is 2.58. The summed E-state index contributed by atoms with van der Waals surface area (Å²) in [5.41, 5.74) is 3.07. The molecule has 0 aromatic heterocycles. The molecule has 0 fully saturated rings. The van der Waals surface area contributed by atoms with Crippen LogP contribution in [0.15, 0.2) is 54.6 Å². The lowest BCUT2D eigenvalue weighted by molar-refractivity contribution is 0.256. The highest BCUT2D eigenvalue weighted by Gasteiger charge is 2.30. The molecule has 0 radical (unpaired) electrons. The van der Waals surface area contributed by atoms with Gasteiger partial charge in [0.2, 0.25) is 0 Å². The minimum absolute atomic E-state index is 0.0661. The standard InChI is InChI=1S/C16H16N2O/c1-12-11-13-7-5-6-10-15(13)18(12)16(19)17-14-8-3-2-4-9-14/h2-10,12H,11H2,1H3,(H,17,19). The van der Waals surface area contributed by atoms with Crippen LogP contribution in [-0.2, 0) is 6.42 Å². The number of nitrogens with zero attached hydrogens (tertiary/aromatic N) is 1. The molecule has 2 amide bonds. The number of benzene rings is 2. The van der Waals surface area contributed by atoms with Crippen LogP contribution in [-0.4, -0.2) is 12.1 Å². The third-order valence-corrected chi connectivity index (χ3v) is 3.45. The van der Waals surface area contributed by atoms with Gasteiger partial charge in [-0.1, -0.05) is 36.4 Å². The van der Waals surface area contributed by atoms with E-state index in [1.165, 1.54) is 5.56 Å². The van der Waals surface area contributed by atoms with E-state index in [4.69, 9.17) is 0 Å². The second-order valence-electron chi connectivity index (χ2n) is 4.85. The van der Waals surface area contributed by atoms with Crippen molar-refractivity contribution in [1.82, 2.24) is 0 Å². The minimum Gasteiger partial charge on any atom is -0.308 e. The Morgan fingerprint density at radius 3 is 2.58 bits per heavy atom. The van der Waals surface area contributed by atoms with Gasteiger partial charge in [0.15, 0.2) is 0 Å². The fourth-order valence-corrected chi connectivity index (χ4v) is 2.58. The average molecular weight is 252 g/mol. The second-order valence-corrected chi connectivity index (χ2v) is 4.85. The molecular weight excluding hydrogens is 236 g/mol. The average Bonchev–Trinajstić information content (AvgIpc) is 2.75. The summed E-state index contributed by atoms with van der Waals surface area (Å²) in [4.78, 5) is 14.2. The number of carbonyl (C=O) groups excluding carboxylic acids is 1. The van der Waals surface area contributed by atoms with Crippen molar-refractivity contribution in [3.8, 4) is 0 Å². The SMILES string of the molecule is CC1Cc2ccccc2N1C(=O)Nc1ccccc1. The molecule has 1 aliphatic heterocycles. The summed E-state index contributed by atoms with van der Waals surface area (Å²) in [6, 6.07) is 17.8. The highest BCUT2D eigenvalue weighted by molar-refractivity contribution is 6.03. The van der Waals surface area contributed by atoms with E-state index in [9.17, 15) is 4.79 Å². The van der Waals surface area contributed by atoms with E-state index in [0.29, 0.717) is 0 Å². The van der Waals surface area contributed by atoms with Gasteiger partial charge >= 0.3 is 6.03 Å². The first-order valence-electron chi connectivity index (χ1n) is 6.49. The van der Waals surface area contributed by atoms with E-state index in [-0.39, 0.29) is 12.1 Å². The summed E-state index contributed by atoms with van der Waals surface area (Å²) in [6.45, 7) is 2.07. The van der Waals surface area contributed by atoms with Crippen molar-refractivity contribution in [3.05, 3.63) is 60.2 Å². The molecular formula is C16H16N2O. The number of hydrogen-bond acceptors (Lipinski definition) is 1. The Balaban J connectivity index is 1.84. The molecule has 0 saturated carbocycles. The summed E-state index contributed by atoms with van der Waals surface area (Å²) in [5, 5.41) is 2.94. The second kappa shape index (κ2) is 4.76. The van der Waals surface area contributed by atoms with Crippen LogP contribution in [0.2, 0.25) is 0 Å². The molecule has 3 heteroatoms. The number of amides is 2. The zero-order chi connectivity index (χ0) is 13.2. The lowest BCUT2D eigenvalue weighted by Gasteiger charge is -2.23. The van der Waals surface area contributed by atoms with Gasteiger partial charge in [-0.2, -0.15) is 0 Å². The molecule has 1 aliphatic rings. The first-order chi connectivity index (χ1) is 9.25. The van der Waals surface area contributed by atoms with Gasteiger partial charge in [-0.15, -0.1) is 0 Å². The largest absolute Gasteiger partial charge is 0.326 e. The van der Waals surface area contributed by atoms with Crippen LogP contribution in [0.5, 0.6) is 0 Å². The van der Waals surface area contributed by atoms with Crippen LogP contribution in [0.4, 0.5) is 16.2 Å². The number of anilines is 2. The van der Waals surface area contributed by atoms with Crippen molar-refractivity contribution in [2.45, 2.75) is 19.4 Å². The van der Waals surface area contributed by atoms with E-state index in [2.05, 4.69) is 18.3 Å². The summed E-state index contributed by atoms with van der Waals surface area (Å²) in [7, 11) is 0. The van der Waals surface area contributed by atoms with E-state index < -0.39 is 0 Å². The van der Waals surface area contributed by atoms with Crippen molar-refractivity contribution in [2.24, 2.45) is 0 Å². The fraction of sp³-hybridized carbons (Fsp3) is 0.188. The highest BCUT2D eigenvalue weighted by Crippen LogP contribution is 2.32. The quantitative estimate of drug-likeness (QED) is 0.825. The number of nitrogens with one attached hydrogen (secondary N) is 1. The Morgan fingerprint density at radius 1 is 1.11 bits per heavy atom. The number of urea groups is 1. The van der Waals surface area contributed by atoms with Crippen molar-refractivity contribution >= 4 is 17.4 Å². The normalized spacial score (nSPS) is 17.1. The molecule has 1 heterocycles. The van der Waals surface area contributed by atoms with Gasteiger partial charge in [-0.3, -0.25) is 4.90 Å². The molecule has 1 unspecified atom stereocenters. The Morgan fingerprint density at radius 2 is 1.79 bits per heavy atom. The molecule has 3 rings (SSSR count). The van der Waals surface area contributed by atoms with E-state index in [1.807, 2.05) is 53.4 Å². The zero-order valence-corrected chi connectivity index (χ0v) is 10.8. The maximum atomic E-state index is 12.4. The Hall–Kier alpha value is -2.29. The molecule has 2 aromatic rings. The first-order valence-corrected chi connectivity index (χ1v) is 6.49. The van der Waals surface area contributed by atoms with Crippen molar-refractivity contribution < 1.29 is 4.79 Å². The summed E-state index contributed by atoms with van der Waals surface area (Å²) in [5.74, 6) is 0. The molecule has 0 bridgehead atoms. The Bertz CT molecular complexity index is 595. The maximum Gasteiger partial charge on any atom is 0.326 e. The van der Waals surface area contributed by atoms with Gasteiger partial charge in [0.25, 0.3) is 0 Å².